The predicted molar refractivity (Wildman–Crippen MR) is 81.8 cm³/mol. The van der Waals surface area contributed by atoms with Crippen molar-refractivity contribution in [1.29, 1.82) is 0 Å². The minimum absolute atomic E-state index is 0.320. The van der Waals surface area contributed by atoms with Crippen LogP contribution in [0.15, 0.2) is 0 Å². The zero-order valence-corrected chi connectivity index (χ0v) is 13.1. The maximum atomic E-state index is 5.69. The van der Waals surface area contributed by atoms with Crippen LogP contribution in [0.2, 0.25) is 0 Å². The molecule has 0 aromatic carbocycles. The van der Waals surface area contributed by atoms with Crippen LogP contribution in [-0.4, -0.2) is 47.9 Å². The third-order valence-electron chi connectivity index (χ3n) is 3.60. The van der Waals surface area contributed by atoms with E-state index in [0.717, 1.165) is 39.0 Å². The van der Waals surface area contributed by atoms with E-state index in [9.17, 15) is 0 Å². The number of hydrogen-bond acceptors (Lipinski definition) is 7. The van der Waals surface area contributed by atoms with Crippen LogP contribution in [-0.2, 0) is 4.74 Å². The highest BCUT2D eigenvalue weighted by atomic mass is 16.5. The smallest absolute Gasteiger partial charge is 0.322 e. The molecule has 2 unspecified atom stereocenters. The molecule has 1 aromatic rings. The van der Waals surface area contributed by atoms with Crippen LogP contribution < -0.4 is 15.4 Å². The van der Waals surface area contributed by atoms with E-state index in [0.29, 0.717) is 29.9 Å². The Bertz CT molecular complexity index is 443. The van der Waals surface area contributed by atoms with E-state index in [1.165, 1.54) is 0 Å². The number of ether oxygens (including phenoxy) is 2. The van der Waals surface area contributed by atoms with E-state index < -0.39 is 0 Å². The van der Waals surface area contributed by atoms with E-state index in [4.69, 9.17) is 9.47 Å². The second-order valence-corrected chi connectivity index (χ2v) is 5.14. The standard InChI is InChI=1S/C14H25N5O2/c1-4-7-15-12-17-13(19-14(18-12)20-3)16-9-10-6-8-21-11(10)5-2/h10-11H,4-9H2,1-3H3,(H2,15,16,17,18,19). The molecule has 0 bridgehead atoms. The summed E-state index contributed by atoms with van der Waals surface area (Å²) in [6.07, 6.45) is 3.46. The molecule has 1 fully saturated rings. The molecule has 7 heteroatoms. The second-order valence-electron chi connectivity index (χ2n) is 5.14. The SMILES string of the molecule is CCCNc1nc(NCC2CCOC2CC)nc(OC)n1. The molecule has 0 aliphatic carbocycles. The van der Waals surface area contributed by atoms with Gasteiger partial charge in [-0.25, -0.2) is 0 Å². The van der Waals surface area contributed by atoms with Crippen LogP contribution >= 0.6 is 0 Å². The fraction of sp³-hybridized carbons (Fsp3) is 0.786. The summed E-state index contributed by atoms with van der Waals surface area (Å²) in [5.74, 6) is 1.59. The maximum absolute atomic E-state index is 5.69. The van der Waals surface area contributed by atoms with Gasteiger partial charge in [-0.05, 0) is 19.3 Å². The molecular weight excluding hydrogens is 270 g/mol. The molecule has 1 aliphatic rings. The number of nitrogens with zero attached hydrogens (tertiary/aromatic N) is 3. The summed E-state index contributed by atoms with van der Waals surface area (Å²) >= 11 is 0. The van der Waals surface area contributed by atoms with Gasteiger partial charge in [0.15, 0.2) is 0 Å². The summed E-state index contributed by atoms with van der Waals surface area (Å²) in [5, 5.41) is 6.43. The van der Waals surface area contributed by atoms with Crippen molar-refractivity contribution in [3.63, 3.8) is 0 Å². The van der Waals surface area contributed by atoms with Crippen LogP contribution in [0.1, 0.15) is 33.1 Å². The topological polar surface area (TPSA) is 81.2 Å². The van der Waals surface area contributed by atoms with Crippen LogP contribution in [0.4, 0.5) is 11.9 Å². The van der Waals surface area contributed by atoms with Gasteiger partial charge in [-0.3, -0.25) is 0 Å². The minimum Gasteiger partial charge on any atom is -0.467 e. The van der Waals surface area contributed by atoms with Gasteiger partial charge in [0.2, 0.25) is 11.9 Å². The first kappa shape index (κ1) is 15.8. The van der Waals surface area contributed by atoms with Gasteiger partial charge in [0, 0.05) is 25.6 Å². The summed E-state index contributed by atoms with van der Waals surface area (Å²) in [5.41, 5.74) is 0. The van der Waals surface area contributed by atoms with Crippen molar-refractivity contribution < 1.29 is 9.47 Å². The Kier molecular flexibility index (Phi) is 5.98. The van der Waals surface area contributed by atoms with Crippen molar-refractivity contribution in [3.8, 4) is 6.01 Å². The van der Waals surface area contributed by atoms with Crippen LogP contribution in [0.3, 0.4) is 0 Å². The lowest BCUT2D eigenvalue weighted by Crippen LogP contribution is -2.23. The molecule has 21 heavy (non-hydrogen) atoms. The van der Waals surface area contributed by atoms with Crippen molar-refractivity contribution in [1.82, 2.24) is 15.0 Å². The first-order valence-corrected chi connectivity index (χ1v) is 7.66. The predicted octanol–water partition coefficient (Wildman–Crippen LogP) is 1.93. The highest BCUT2D eigenvalue weighted by Crippen LogP contribution is 2.23. The van der Waals surface area contributed by atoms with Crippen molar-refractivity contribution in [2.45, 2.75) is 39.2 Å². The summed E-state index contributed by atoms with van der Waals surface area (Å²) < 4.78 is 10.8. The Morgan fingerprint density at radius 2 is 1.95 bits per heavy atom. The Morgan fingerprint density at radius 3 is 2.62 bits per heavy atom. The Labute approximate surface area is 125 Å². The molecule has 0 saturated carbocycles. The number of aromatic nitrogens is 3. The zero-order valence-electron chi connectivity index (χ0n) is 13.1. The first-order valence-electron chi connectivity index (χ1n) is 7.66. The number of methoxy groups -OCH3 is 1. The zero-order chi connectivity index (χ0) is 15.1. The van der Waals surface area contributed by atoms with Crippen LogP contribution in [0.25, 0.3) is 0 Å². The molecule has 0 amide bonds. The van der Waals surface area contributed by atoms with Gasteiger partial charge >= 0.3 is 6.01 Å². The molecule has 1 saturated heterocycles. The molecule has 0 spiro atoms. The normalized spacial score (nSPS) is 21.3. The minimum atomic E-state index is 0.320. The third-order valence-corrected chi connectivity index (χ3v) is 3.60. The van der Waals surface area contributed by atoms with Crippen LogP contribution in [0.5, 0.6) is 6.01 Å². The van der Waals surface area contributed by atoms with Crippen LogP contribution in [0, 0.1) is 5.92 Å². The second kappa shape index (κ2) is 7.97. The van der Waals surface area contributed by atoms with E-state index in [-0.39, 0.29) is 0 Å². The molecule has 2 heterocycles. The van der Waals surface area contributed by atoms with Gasteiger partial charge in [0.1, 0.15) is 0 Å². The lowest BCUT2D eigenvalue weighted by molar-refractivity contribution is 0.0900. The van der Waals surface area contributed by atoms with E-state index in [2.05, 4.69) is 39.4 Å². The maximum Gasteiger partial charge on any atom is 0.322 e. The van der Waals surface area contributed by atoms with Gasteiger partial charge in [-0.1, -0.05) is 13.8 Å². The average molecular weight is 295 g/mol. The molecule has 118 valence electrons. The number of hydrogen-bond donors (Lipinski definition) is 2. The van der Waals surface area contributed by atoms with Gasteiger partial charge in [0.05, 0.1) is 13.2 Å². The molecule has 2 rings (SSSR count). The highest BCUT2D eigenvalue weighted by Gasteiger charge is 2.26. The van der Waals surface area contributed by atoms with Crippen molar-refractivity contribution in [3.05, 3.63) is 0 Å². The van der Waals surface area contributed by atoms with Crippen molar-refractivity contribution in [2.75, 3.05) is 37.4 Å². The molecule has 7 nitrogen and oxygen atoms in total. The lowest BCUT2D eigenvalue weighted by Gasteiger charge is -2.17. The number of nitrogens with one attached hydrogen (secondary N) is 2. The summed E-state index contributed by atoms with van der Waals surface area (Å²) in [6.45, 7) is 6.71. The van der Waals surface area contributed by atoms with Crippen molar-refractivity contribution >= 4 is 11.9 Å². The average Bonchev–Trinajstić information content (AvgIpc) is 2.98. The molecule has 2 atom stereocenters. The van der Waals surface area contributed by atoms with Gasteiger partial charge < -0.3 is 20.1 Å². The summed E-state index contributed by atoms with van der Waals surface area (Å²) in [4.78, 5) is 12.8. The quantitative estimate of drug-likeness (QED) is 0.758. The first-order chi connectivity index (χ1) is 10.3. The molecular formula is C14H25N5O2. The Hall–Kier alpha value is -1.63. The monoisotopic (exact) mass is 295 g/mol. The fourth-order valence-electron chi connectivity index (χ4n) is 2.44. The van der Waals surface area contributed by atoms with E-state index in [1.54, 1.807) is 7.11 Å². The number of anilines is 2. The van der Waals surface area contributed by atoms with Gasteiger partial charge in [0.25, 0.3) is 0 Å². The molecule has 1 aromatic heterocycles. The van der Waals surface area contributed by atoms with Crippen molar-refractivity contribution in [2.24, 2.45) is 5.92 Å². The summed E-state index contributed by atoms with van der Waals surface area (Å²) in [7, 11) is 1.56. The molecule has 2 N–H and O–H groups in total. The largest absolute Gasteiger partial charge is 0.467 e. The number of rotatable bonds is 8. The van der Waals surface area contributed by atoms with Gasteiger partial charge in [-0.2, -0.15) is 15.0 Å². The Morgan fingerprint density at radius 1 is 1.19 bits per heavy atom. The lowest BCUT2D eigenvalue weighted by atomic mass is 10.00. The van der Waals surface area contributed by atoms with E-state index >= 15 is 0 Å². The third kappa shape index (κ3) is 4.42. The van der Waals surface area contributed by atoms with Gasteiger partial charge in [-0.15, -0.1) is 0 Å². The molecule has 1 aliphatic heterocycles. The summed E-state index contributed by atoms with van der Waals surface area (Å²) in [6, 6.07) is 0.320. The molecule has 0 radical (unpaired) electrons. The fourth-order valence-corrected chi connectivity index (χ4v) is 2.44. The van der Waals surface area contributed by atoms with E-state index in [1.807, 2.05) is 0 Å². The highest BCUT2D eigenvalue weighted by molar-refractivity contribution is 5.35. The Balaban J connectivity index is 1.97.